The number of carbonyl (C=O) groups excluding carboxylic acids is 2. The Labute approximate surface area is 147 Å². The number of hydrogen-bond acceptors (Lipinski definition) is 5. The van der Waals surface area contributed by atoms with E-state index in [2.05, 4.69) is 20.0 Å². The second-order valence-electron chi connectivity index (χ2n) is 6.74. The van der Waals surface area contributed by atoms with Gasteiger partial charge in [0, 0.05) is 39.3 Å². The molecule has 0 aliphatic carbocycles. The smallest absolute Gasteiger partial charge is 0.319 e. The van der Waals surface area contributed by atoms with Gasteiger partial charge < -0.3 is 24.5 Å². The molecule has 0 radical (unpaired) electrons. The molecule has 4 amide bonds. The molecule has 0 bridgehead atoms. The number of nitrogens with zero attached hydrogens (tertiary/aromatic N) is 5. The Kier molecular flexibility index (Phi) is 5.72. The fourth-order valence-electron chi connectivity index (χ4n) is 3.33. The Bertz CT molecular complexity index is 564. The lowest BCUT2D eigenvalue weighted by atomic mass is 10.1. The maximum absolute atomic E-state index is 12.5. The van der Waals surface area contributed by atoms with Gasteiger partial charge in [0.1, 0.15) is 0 Å². The summed E-state index contributed by atoms with van der Waals surface area (Å²) in [4.78, 5) is 34.0. The molecule has 9 heteroatoms. The zero-order valence-corrected chi connectivity index (χ0v) is 14.7. The highest BCUT2D eigenvalue weighted by Gasteiger charge is 2.28. The highest BCUT2D eigenvalue weighted by atomic mass is 16.5. The maximum Gasteiger partial charge on any atom is 0.319 e. The largest absolute Gasteiger partial charge is 0.343 e. The normalized spacial score (nSPS) is 18.9. The molecule has 138 valence electrons. The van der Waals surface area contributed by atoms with Gasteiger partial charge in [-0.2, -0.15) is 4.98 Å². The van der Waals surface area contributed by atoms with Crippen LogP contribution < -0.4 is 5.32 Å². The van der Waals surface area contributed by atoms with Crippen LogP contribution in [-0.2, 0) is 6.54 Å². The minimum atomic E-state index is -0.161. The third-order valence-corrected chi connectivity index (χ3v) is 4.85. The quantitative estimate of drug-likeness (QED) is 0.886. The van der Waals surface area contributed by atoms with Crippen LogP contribution >= 0.6 is 0 Å². The van der Waals surface area contributed by atoms with Gasteiger partial charge >= 0.3 is 12.1 Å². The van der Waals surface area contributed by atoms with Crippen LogP contribution in [0.25, 0.3) is 0 Å². The van der Waals surface area contributed by atoms with Crippen molar-refractivity contribution < 1.29 is 14.1 Å². The number of nitrogens with one attached hydrogen (secondary N) is 1. The second-order valence-corrected chi connectivity index (χ2v) is 6.74. The number of piperidine rings is 2. The molecule has 0 saturated carbocycles. The number of likely N-dealkylation sites (tertiary alicyclic amines) is 2. The highest BCUT2D eigenvalue weighted by molar-refractivity contribution is 5.75. The van der Waals surface area contributed by atoms with Gasteiger partial charge in [-0.3, -0.25) is 0 Å². The van der Waals surface area contributed by atoms with Gasteiger partial charge in [-0.15, -0.1) is 0 Å². The lowest BCUT2D eigenvalue weighted by Crippen LogP contribution is -2.52. The maximum atomic E-state index is 12.5. The molecular weight excluding hydrogens is 324 g/mol. The van der Waals surface area contributed by atoms with Gasteiger partial charge in [-0.25, -0.2) is 9.59 Å². The monoisotopic (exact) mass is 350 g/mol. The summed E-state index contributed by atoms with van der Waals surface area (Å²) in [6.07, 6.45) is 6.23. The van der Waals surface area contributed by atoms with E-state index >= 15 is 0 Å². The molecule has 2 fully saturated rings. The van der Waals surface area contributed by atoms with E-state index in [4.69, 9.17) is 0 Å². The number of rotatable bonds is 3. The van der Waals surface area contributed by atoms with Crippen molar-refractivity contribution in [3.63, 3.8) is 0 Å². The zero-order valence-electron chi connectivity index (χ0n) is 14.7. The summed E-state index contributed by atoms with van der Waals surface area (Å²) < 4.78 is 4.67. The summed E-state index contributed by atoms with van der Waals surface area (Å²) in [5, 5.41) is 6.72. The molecule has 2 saturated heterocycles. The predicted molar refractivity (Wildman–Crippen MR) is 89.7 cm³/mol. The Morgan fingerprint density at radius 2 is 1.88 bits per heavy atom. The number of aromatic nitrogens is 2. The fraction of sp³-hybridized carbons (Fsp3) is 0.750. The van der Waals surface area contributed by atoms with Crippen molar-refractivity contribution in [2.75, 3.05) is 33.2 Å². The third-order valence-electron chi connectivity index (χ3n) is 4.85. The summed E-state index contributed by atoms with van der Waals surface area (Å²) in [5.41, 5.74) is 0. The van der Waals surface area contributed by atoms with E-state index in [1.807, 2.05) is 9.80 Å². The van der Waals surface area contributed by atoms with Crippen molar-refractivity contribution in [1.29, 1.82) is 0 Å². The SMILES string of the molecule is CN(Cc1ncon1)C(=O)NC1CCN(C(=O)N2CCCCC2)CC1. The Hall–Kier alpha value is -2.32. The van der Waals surface area contributed by atoms with Gasteiger partial charge in [-0.1, -0.05) is 5.16 Å². The molecule has 0 atom stereocenters. The lowest BCUT2D eigenvalue weighted by molar-refractivity contribution is 0.128. The number of carbonyl (C=O) groups is 2. The molecule has 1 aromatic heterocycles. The second kappa shape index (κ2) is 8.17. The average molecular weight is 350 g/mol. The zero-order chi connectivity index (χ0) is 17.6. The highest BCUT2D eigenvalue weighted by Crippen LogP contribution is 2.16. The lowest BCUT2D eigenvalue weighted by Gasteiger charge is -2.37. The van der Waals surface area contributed by atoms with E-state index in [9.17, 15) is 9.59 Å². The number of urea groups is 2. The van der Waals surface area contributed by atoms with E-state index in [-0.39, 0.29) is 18.1 Å². The summed E-state index contributed by atoms with van der Waals surface area (Å²) in [7, 11) is 1.70. The van der Waals surface area contributed by atoms with Gasteiger partial charge in [-0.05, 0) is 32.1 Å². The first-order valence-electron chi connectivity index (χ1n) is 8.94. The van der Waals surface area contributed by atoms with Crippen LogP contribution in [0.15, 0.2) is 10.9 Å². The van der Waals surface area contributed by atoms with Crippen LogP contribution in [-0.4, -0.2) is 76.2 Å². The van der Waals surface area contributed by atoms with Crippen LogP contribution in [0.1, 0.15) is 37.9 Å². The van der Waals surface area contributed by atoms with Crippen molar-refractivity contribution in [2.24, 2.45) is 0 Å². The molecule has 9 nitrogen and oxygen atoms in total. The van der Waals surface area contributed by atoms with Crippen molar-refractivity contribution in [2.45, 2.75) is 44.7 Å². The number of hydrogen-bond donors (Lipinski definition) is 1. The summed E-state index contributed by atoms with van der Waals surface area (Å²) >= 11 is 0. The molecule has 1 aromatic rings. The van der Waals surface area contributed by atoms with Crippen LogP contribution in [0.4, 0.5) is 9.59 Å². The first kappa shape index (κ1) is 17.5. The molecule has 2 aliphatic heterocycles. The molecule has 2 aliphatic rings. The van der Waals surface area contributed by atoms with E-state index in [1.54, 1.807) is 7.05 Å². The molecule has 1 N–H and O–H groups in total. The molecular formula is C16H26N6O3. The van der Waals surface area contributed by atoms with Gasteiger partial charge in [0.2, 0.25) is 6.39 Å². The molecule has 0 unspecified atom stereocenters. The number of amides is 4. The Morgan fingerprint density at radius 3 is 2.52 bits per heavy atom. The molecule has 3 heterocycles. The molecule has 0 spiro atoms. The molecule has 0 aromatic carbocycles. The van der Waals surface area contributed by atoms with E-state index in [0.717, 1.165) is 38.8 Å². The first-order valence-corrected chi connectivity index (χ1v) is 8.94. The standard InChI is InChI=1S/C16H26N6O3/c1-20(11-14-17-12-25-19-14)15(23)18-13-5-9-22(10-6-13)16(24)21-7-3-2-4-8-21/h12-13H,2-11H2,1H3,(H,18,23). The summed E-state index contributed by atoms with van der Waals surface area (Å²) in [6, 6.07) is 0.0786. The first-order chi connectivity index (χ1) is 12.1. The van der Waals surface area contributed by atoms with Gasteiger partial charge in [0.25, 0.3) is 0 Å². The van der Waals surface area contributed by atoms with Crippen LogP contribution in [0.5, 0.6) is 0 Å². The van der Waals surface area contributed by atoms with E-state index in [1.165, 1.54) is 17.7 Å². The van der Waals surface area contributed by atoms with Crippen molar-refractivity contribution in [3.8, 4) is 0 Å². The van der Waals surface area contributed by atoms with Crippen LogP contribution in [0.2, 0.25) is 0 Å². The Morgan fingerprint density at radius 1 is 1.20 bits per heavy atom. The van der Waals surface area contributed by atoms with Gasteiger partial charge in [0.15, 0.2) is 5.82 Å². The summed E-state index contributed by atoms with van der Waals surface area (Å²) in [5.74, 6) is 0.472. The van der Waals surface area contributed by atoms with E-state index < -0.39 is 0 Å². The predicted octanol–water partition coefficient (Wildman–Crippen LogP) is 1.28. The van der Waals surface area contributed by atoms with Crippen molar-refractivity contribution >= 4 is 12.1 Å². The van der Waals surface area contributed by atoms with Crippen LogP contribution in [0, 0.1) is 0 Å². The van der Waals surface area contributed by atoms with Crippen molar-refractivity contribution in [3.05, 3.63) is 12.2 Å². The summed E-state index contributed by atoms with van der Waals surface area (Å²) in [6.45, 7) is 3.42. The average Bonchev–Trinajstić information content (AvgIpc) is 3.15. The van der Waals surface area contributed by atoms with Gasteiger partial charge in [0.05, 0.1) is 6.54 Å². The fourth-order valence-corrected chi connectivity index (χ4v) is 3.33. The minimum Gasteiger partial charge on any atom is -0.343 e. The van der Waals surface area contributed by atoms with Crippen LogP contribution in [0.3, 0.4) is 0 Å². The molecule has 3 rings (SSSR count). The third kappa shape index (κ3) is 4.61. The Balaban J connectivity index is 1.41. The minimum absolute atomic E-state index is 0.0885. The van der Waals surface area contributed by atoms with E-state index in [0.29, 0.717) is 25.5 Å². The van der Waals surface area contributed by atoms with Crippen molar-refractivity contribution in [1.82, 2.24) is 30.2 Å². The molecule has 25 heavy (non-hydrogen) atoms. The topological polar surface area (TPSA) is 94.8 Å².